The van der Waals surface area contributed by atoms with Gasteiger partial charge in [0.25, 0.3) is 0 Å². The fourth-order valence-corrected chi connectivity index (χ4v) is 1.83. The van der Waals surface area contributed by atoms with Gasteiger partial charge in [0.2, 0.25) is 0 Å². The molecule has 0 aliphatic rings. The van der Waals surface area contributed by atoms with Crippen molar-refractivity contribution in [2.45, 2.75) is 26.7 Å². The van der Waals surface area contributed by atoms with Crippen molar-refractivity contribution in [2.75, 3.05) is 25.6 Å². The van der Waals surface area contributed by atoms with Gasteiger partial charge in [0.15, 0.2) is 0 Å². The maximum atomic E-state index is 8.78. The van der Waals surface area contributed by atoms with Gasteiger partial charge in [-0.25, -0.2) is 0 Å². The quantitative estimate of drug-likeness (QED) is 0.710. The number of hydrogen-bond donors (Lipinski definition) is 2. The lowest BCUT2D eigenvalue weighted by atomic mass is 10.1. The van der Waals surface area contributed by atoms with Gasteiger partial charge in [0.05, 0.1) is 13.7 Å². The molecule has 0 aliphatic carbocycles. The first-order valence-electron chi connectivity index (χ1n) is 6.95. The van der Waals surface area contributed by atoms with E-state index >= 15 is 0 Å². The van der Waals surface area contributed by atoms with E-state index in [4.69, 9.17) is 9.84 Å². The van der Waals surface area contributed by atoms with Crippen molar-refractivity contribution in [1.29, 1.82) is 0 Å². The Morgan fingerprint density at radius 2 is 1.85 bits per heavy atom. The lowest BCUT2D eigenvalue weighted by molar-refractivity contribution is 0.341. The molecule has 1 aromatic carbocycles. The van der Waals surface area contributed by atoms with E-state index in [-0.39, 0.29) is 6.61 Å². The zero-order valence-corrected chi connectivity index (χ0v) is 12.6. The maximum Gasteiger partial charge on any atom is 0.119 e. The molecule has 20 heavy (non-hydrogen) atoms. The molecular weight excluding hydrogens is 250 g/mol. The number of rotatable bonds is 8. The summed E-state index contributed by atoms with van der Waals surface area (Å²) in [4.78, 5) is 0. The number of aliphatic hydroxyl groups excluding tert-OH is 1. The summed E-state index contributed by atoms with van der Waals surface area (Å²) in [5.74, 6) is 0.869. The van der Waals surface area contributed by atoms with Gasteiger partial charge >= 0.3 is 0 Å². The average Bonchev–Trinajstić information content (AvgIpc) is 2.46. The van der Waals surface area contributed by atoms with E-state index in [1.165, 1.54) is 11.1 Å². The molecule has 0 amide bonds. The minimum atomic E-state index is 0.132. The summed E-state index contributed by atoms with van der Waals surface area (Å²) in [7, 11) is 1.67. The van der Waals surface area contributed by atoms with Gasteiger partial charge in [-0.15, -0.1) is 0 Å². The van der Waals surface area contributed by atoms with Gasteiger partial charge in [0.1, 0.15) is 5.75 Å². The highest BCUT2D eigenvalue weighted by Gasteiger charge is 1.95. The van der Waals surface area contributed by atoms with Gasteiger partial charge in [-0.05, 0) is 51.0 Å². The molecule has 110 valence electrons. The molecule has 3 heteroatoms. The van der Waals surface area contributed by atoms with Crippen LogP contribution in [-0.2, 0) is 0 Å². The van der Waals surface area contributed by atoms with Crippen LogP contribution in [0.15, 0.2) is 47.6 Å². The van der Waals surface area contributed by atoms with Crippen molar-refractivity contribution in [2.24, 2.45) is 0 Å². The Bertz CT molecular complexity index is 447. The Kier molecular flexibility index (Phi) is 7.51. The van der Waals surface area contributed by atoms with E-state index < -0.39 is 0 Å². The van der Waals surface area contributed by atoms with Crippen LogP contribution in [0.4, 0.5) is 5.69 Å². The standard InChI is InChI=1S/C17H25NO2/c1-14(11-12-19)5-4-6-15(2)13-18-16-7-9-17(20-3)10-8-16/h6-11,18-19H,4-5,12-13H2,1-3H3/b14-11+,15-6+. The molecular formula is C17H25NO2. The second kappa shape index (κ2) is 9.21. The monoisotopic (exact) mass is 275 g/mol. The van der Waals surface area contributed by atoms with Gasteiger partial charge in [-0.2, -0.15) is 0 Å². The number of benzene rings is 1. The van der Waals surface area contributed by atoms with Crippen molar-refractivity contribution >= 4 is 5.69 Å². The summed E-state index contributed by atoms with van der Waals surface area (Å²) in [5, 5.41) is 12.2. The second-order valence-corrected chi connectivity index (χ2v) is 4.90. The van der Waals surface area contributed by atoms with Crippen LogP contribution < -0.4 is 10.1 Å². The fourth-order valence-electron chi connectivity index (χ4n) is 1.83. The normalized spacial score (nSPS) is 12.4. The summed E-state index contributed by atoms with van der Waals surface area (Å²) >= 11 is 0. The van der Waals surface area contributed by atoms with E-state index in [2.05, 4.69) is 25.2 Å². The highest BCUT2D eigenvalue weighted by molar-refractivity contribution is 5.47. The number of methoxy groups -OCH3 is 1. The highest BCUT2D eigenvalue weighted by Crippen LogP contribution is 2.15. The van der Waals surface area contributed by atoms with Crippen LogP contribution in [0.5, 0.6) is 5.75 Å². The fraction of sp³-hybridized carbons (Fsp3) is 0.412. The van der Waals surface area contributed by atoms with E-state index in [9.17, 15) is 0 Å². The van der Waals surface area contributed by atoms with Gasteiger partial charge in [-0.3, -0.25) is 0 Å². The minimum Gasteiger partial charge on any atom is -0.497 e. The van der Waals surface area contributed by atoms with Crippen molar-refractivity contribution in [3.8, 4) is 5.75 Å². The first-order chi connectivity index (χ1) is 9.65. The van der Waals surface area contributed by atoms with E-state index in [1.807, 2.05) is 30.3 Å². The topological polar surface area (TPSA) is 41.5 Å². The Morgan fingerprint density at radius 1 is 1.15 bits per heavy atom. The van der Waals surface area contributed by atoms with Crippen LogP contribution in [0.1, 0.15) is 26.7 Å². The first kappa shape index (κ1) is 16.3. The summed E-state index contributed by atoms with van der Waals surface area (Å²) in [6, 6.07) is 7.93. The lowest BCUT2D eigenvalue weighted by Gasteiger charge is -2.08. The third-order valence-corrected chi connectivity index (χ3v) is 3.13. The van der Waals surface area contributed by atoms with Gasteiger partial charge in [-0.1, -0.05) is 23.3 Å². The molecule has 0 aliphatic heterocycles. The van der Waals surface area contributed by atoms with Crippen molar-refractivity contribution in [3.05, 3.63) is 47.6 Å². The van der Waals surface area contributed by atoms with E-state index in [0.717, 1.165) is 30.8 Å². The Morgan fingerprint density at radius 3 is 2.45 bits per heavy atom. The molecule has 0 heterocycles. The Labute approximate surface area is 122 Å². The van der Waals surface area contributed by atoms with Gasteiger partial charge < -0.3 is 15.2 Å². The molecule has 0 aromatic heterocycles. The molecule has 0 unspecified atom stereocenters. The molecule has 0 saturated heterocycles. The molecule has 0 atom stereocenters. The molecule has 1 rings (SSSR count). The molecule has 0 radical (unpaired) electrons. The predicted octanol–water partition coefficient (Wildman–Crippen LogP) is 3.77. The summed E-state index contributed by atoms with van der Waals surface area (Å²) in [5.41, 5.74) is 3.65. The minimum absolute atomic E-state index is 0.132. The number of aliphatic hydroxyl groups is 1. The highest BCUT2D eigenvalue weighted by atomic mass is 16.5. The molecule has 3 nitrogen and oxygen atoms in total. The number of nitrogens with one attached hydrogen (secondary N) is 1. The van der Waals surface area contributed by atoms with Crippen LogP contribution in [0.2, 0.25) is 0 Å². The van der Waals surface area contributed by atoms with Gasteiger partial charge in [0, 0.05) is 12.2 Å². The van der Waals surface area contributed by atoms with Crippen molar-refractivity contribution < 1.29 is 9.84 Å². The summed E-state index contributed by atoms with van der Waals surface area (Å²) in [6.07, 6.45) is 6.11. The molecule has 0 bridgehead atoms. The largest absolute Gasteiger partial charge is 0.497 e. The van der Waals surface area contributed by atoms with E-state index in [1.54, 1.807) is 7.11 Å². The van der Waals surface area contributed by atoms with Crippen LogP contribution >= 0.6 is 0 Å². The average molecular weight is 275 g/mol. The first-order valence-corrected chi connectivity index (χ1v) is 6.95. The third kappa shape index (κ3) is 6.43. The molecule has 0 fully saturated rings. The maximum absolute atomic E-state index is 8.78. The third-order valence-electron chi connectivity index (χ3n) is 3.13. The molecule has 2 N–H and O–H groups in total. The number of anilines is 1. The lowest BCUT2D eigenvalue weighted by Crippen LogP contribution is -2.02. The van der Waals surface area contributed by atoms with Crippen LogP contribution in [-0.4, -0.2) is 25.4 Å². The number of allylic oxidation sites excluding steroid dienone is 2. The van der Waals surface area contributed by atoms with Crippen LogP contribution in [0.25, 0.3) is 0 Å². The zero-order valence-electron chi connectivity index (χ0n) is 12.6. The van der Waals surface area contributed by atoms with Crippen LogP contribution in [0, 0.1) is 0 Å². The SMILES string of the molecule is COc1ccc(NC/C(C)=C/CC/C(C)=C/CO)cc1. The molecule has 0 saturated carbocycles. The molecule has 0 spiro atoms. The van der Waals surface area contributed by atoms with Crippen LogP contribution in [0.3, 0.4) is 0 Å². The van der Waals surface area contributed by atoms with Crippen molar-refractivity contribution in [3.63, 3.8) is 0 Å². The summed E-state index contributed by atoms with van der Waals surface area (Å²) in [6.45, 7) is 5.15. The summed E-state index contributed by atoms with van der Waals surface area (Å²) < 4.78 is 5.13. The number of hydrogen-bond acceptors (Lipinski definition) is 3. The smallest absolute Gasteiger partial charge is 0.119 e. The predicted molar refractivity (Wildman–Crippen MR) is 85.3 cm³/mol. The van der Waals surface area contributed by atoms with E-state index in [0.29, 0.717) is 0 Å². The Balaban J connectivity index is 2.34. The number of ether oxygens (including phenoxy) is 1. The second-order valence-electron chi connectivity index (χ2n) is 4.90. The molecule has 1 aromatic rings. The Hall–Kier alpha value is -1.74. The van der Waals surface area contributed by atoms with Crippen molar-refractivity contribution in [1.82, 2.24) is 0 Å². The zero-order chi connectivity index (χ0) is 14.8.